The van der Waals surface area contributed by atoms with E-state index < -0.39 is 6.10 Å². The zero-order chi connectivity index (χ0) is 21.5. The summed E-state index contributed by atoms with van der Waals surface area (Å²) >= 11 is 0. The molecule has 0 spiro atoms. The smallest absolute Gasteiger partial charge is 0.115 e. The molecule has 31 heavy (non-hydrogen) atoms. The number of phenolic OH excluding ortho intramolecular Hbond substituents is 2. The second-order valence-corrected chi connectivity index (χ2v) is 8.12. The van der Waals surface area contributed by atoms with Crippen molar-refractivity contribution in [2.24, 2.45) is 11.7 Å². The number of phenols is 2. The van der Waals surface area contributed by atoms with Gasteiger partial charge < -0.3 is 21.1 Å². The van der Waals surface area contributed by atoms with Gasteiger partial charge in [0.25, 0.3) is 0 Å². The molecule has 5 heteroatoms. The van der Waals surface area contributed by atoms with Gasteiger partial charge in [0, 0.05) is 12.0 Å². The average molecular weight is 442 g/mol. The lowest BCUT2D eigenvalue weighted by Gasteiger charge is -2.29. The number of hydrogen-bond donors (Lipinski definition) is 4. The Kier molecular flexibility index (Phi) is 9.38. The fourth-order valence-corrected chi connectivity index (χ4v) is 3.94. The summed E-state index contributed by atoms with van der Waals surface area (Å²) in [4.78, 5) is 0. The molecule has 0 fully saturated rings. The van der Waals surface area contributed by atoms with Crippen LogP contribution in [0.4, 0.5) is 0 Å². The zero-order valence-corrected chi connectivity index (χ0v) is 18.6. The van der Waals surface area contributed by atoms with E-state index in [1.165, 1.54) is 5.56 Å². The second kappa shape index (κ2) is 11.8. The molecule has 0 bridgehead atoms. The Balaban J connectivity index is 0.00000341. The molecule has 4 nitrogen and oxygen atoms in total. The standard InChI is InChI=1S/C26H31NO3.ClH/c1-18(26(27)25(30)16-7-19-5-3-2-4-6-19)17-24(20-8-12-22(28)13-9-20)21-10-14-23(29)15-11-21;/h2-6,8-15,18,24-26,28-30H,7,16-17,27H2,1H3;1H. The summed E-state index contributed by atoms with van der Waals surface area (Å²) in [5, 5.41) is 30.0. The summed E-state index contributed by atoms with van der Waals surface area (Å²) in [6.07, 6.45) is 1.58. The number of nitrogens with two attached hydrogens (primary N) is 1. The minimum absolute atomic E-state index is 0. The minimum atomic E-state index is -0.583. The minimum Gasteiger partial charge on any atom is -0.508 e. The van der Waals surface area contributed by atoms with Crippen molar-refractivity contribution in [3.63, 3.8) is 0 Å². The maximum Gasteiger partial charge on any atom is 0.115 e. The van der Waals surface area contributed by atoms with E-state index in [1.807, 2.05) is 42.5 Å². The van der Waals surface area contributed by atoms with Crippen LogP contribution in [0.3, 0.4) is 0 Å². The average Bonchev–Trinajstić information content (AvgIpc) is 2.77. The lowest BCUT2D eigenvalue weighted by Crippen LogP contribution is -2.41. The number of benzene rings is 3. The topological polar surface area (TPSA) is 86.7 Å². The predicted molar refractivity (Wildman–Crippen MR) is 128 cm³/mol. The highest BCUT2D eigenvalue weighted by atomic mass is 35.5. The van der Waals surface area contributed by atoms with Crippen LogP contribution in [-0.2, 0) is 6.42 Å². The highest BCUT2D eigenvalue weighted by molar-refractivity contribution is 5.85. The Morgan fingerprint density at radius 2 is 1.26 bits per heavy atom. The number of aromatic hydroxyl groups is 2. The fraction of sp³-hybridized carbons (Fsp3) is 0.308. The van der Waals surface area contributed by atoms with Crippen LogP contribution in [0.5, 0.6) is 11.5 Å². The van der Waals surface area contributed by atoms with Gasteiger partial charge in [0.1, 0.15) is 11.5 Å². The molecule has 0 aromatic heterocycles. The van der Waals surface area contributed by atoms with Gasteiger partial charge in [-0.2, -0.15) is 0 Å². The van der Waals surface area contributed by atoms with Crippen LogP contribution in [0.15, 0.2) is 78.9 Å². The van der Waals surface area contributed by atoms with E-state index in [9.17, 15) is 15.3 Å². The maximum absolute atomic E-state index is 10.7. The second-order valence-electron chi connectivity index (χ2n) is 8.12. The van der Waals surface area contributed by atoms with Crippen molar-refractivity contribution in [1.29, 1.82) is 0 Å². The summed E-state index contributed by atoms with van der Waals surface area (Å²) < 4.78 is 0. The lowest BCUT2D eigenvalue weighted by molar-refractivity contribution is 0.109. The summed E-state index contributed by atoms with van der Waals surface area (Å²) in [6, 6.07) is 24.2. The molecule has 0 aliphatic carbocycles. The van der Waals surface area contributed by atoms with Gasteiger partial charge in [-0.25, -0.2) is 0 Å². The van der Waals surface area contributed by atoms with Gasteiger partial charge in [-0.15, -0.1) is 12.4 Å². The molecule has 0 saturated carbocycles. The fourth-order valence-electron chi connectivity index (χ4n) is 3.94. The quantitative estimate of drug-likeness (QED) is 0.376. The number of aliphatic hydroxyl groups excluding tert-OH is 1. The molecular formula is C26H32ClNO3. The van der Waals surface area contributed by atoms with Gasteiger partial charge in [0.2, 0.25) is 0 Å². The Bertz CT molecular complexity index is 855. The number of rotatable bonds is 9. The van der Waals surface area contributed by atoms with Gasteiger partial charge in [0.05, 0.1) is 6.10 Å². The van der Waals surface area contributed by atoms with Crippen molar-refractivity contribution >= 4 is 12.4 Å². The monoisotopic (exact) mass is 441 g/mol. The van der Waals surface area contributed by atoms with Crippen LogP contribution < -0.4 is 5.73 Å². The molecule has 0 heterocycles. The first kappa shape index (κ1) is 24.7. The zero-order valence-electron chi connectivity index (χ0n) is 17.8. The highest BCUT2D eigenvalue weighted by Crippen LogP contribution is 2.34. The third-order valence-corrected chi connectivity index (χ3v) is 5.87. The Labute approximate surface area is 190 Å². The van der Waals surface area contributed by atoms with E-state index in [0.29, 0.717) is 6.42 Å². The first-order valence-corrected chi connectivity index (χ1v) is 10.5. The summed E-state index contributed by atoms with van der Waals surface area (Å²) in [6.45, 7) is 2.07. The normalized spacial score (nSPS) is 13.9. The third-order valence-electron chi connectivity index (χ3n) is 5.87. The molecule has 3 aromatic carbocycles. The summed E-state index contributed by atoms with van der Waals surface area (Å²) in [5.74, 6) is 0.575. The molecule has 5 N–H and O–H groups in total. The molecular weight excluding hydrogens is 410 g/mol. The van der Waals surface area contributed by atoms with E-state index in [1.54, 1.807) is 24.3 Å². The van der Waals surface area contributed by atoms with E-state index >= 15 is 0 Å². The number of aryl methyl sites for hydroxylation is 1. The maximum atomic E-state index is 10.7. The molecule has 3 aromatic rings. The Morgan fingerprint density at radius 3 is 1.74 bits per heavy atom. The van der Waals surface area contributed by atoms with Gasteiger partial charge in [-0.1, -0.05) is 61.5 Å². The molecule has 166 valence electrons. The van der Waals surface area contributed by atoms with E-state index in [4.69, 9.17) is 5.73 Å². The molecule has 0 amide bonds. The number of halogens is 1. The van der Waals surface area contributed by atoms with Crippen molar-refractivity contribution in [1.82, 2.24) is 0 Å². The molecule has 0 aliphatic heterocycles. The third kappa shape index (κ3) is 7.00. The van der Waals surface area contributed by atoms with Gasteiger partial charge in [0.15, 0.2) is 0 Å². The van der Waals surface area contributed by atoms with Crippen LogP contribution in [0, 0.1) is 5.92 Å². The summed E-state index contributed by atoms with van der Waals surface area (Å²) in [7, 11) is 0. The van der Waals surface area contributed by atoms with Crippen LogP contribution in [-0.4, -0.2) is 27.5 Å². The molecule has 3 unspecified atom stereocenters. The van der Waals surface area contributed by atoms with E-state index in [0.717, 1.165) is 24.0 Å². The van der Waals surface area contributed by atoms with Crippen molar-refractivity contribution in [2.45, 2.75) is 44.2 Å². The van der Waals surface area contributed by atoms with Crippen molar-refractivity contribution in [3.05, 3.63) is 95.6 Å². The Morgan fingerprint density at radius 1 is 0.774 bits per heavy atom. The van der Waals surface area contributed by atoms with E-state index in [-0.39, 0.29) is 41.8 Å². The predicted octanol–water partition coefficient (Wildman–Crippen LogP) is 5.00. The number of aliphatic hydroxyl groups is 1. The highest BCUT2D eigenvalue weighted by Gasteiger charge is 2.26. The van der Waals surface area contributed by atoms with Crippen molar-refractivity contribution in [2.75, 3.05) is 0 Å². The van der Waals surface area contributed by atoms with Crippen LogP contribution in [0.2, 0.25) is 0 Å². The van der Waals surface area contributed by atoms with Crippen LogP contribution in [0.25, 0.3) is 0 Å². The molecule has 0 radical (unpaired) electrons. The van der Waals surface area contributed by atoms with Gasteiger partial charge >= 0.3 is 0 Å². The van der Waals surface area contributed by atoms with Crippen molar-refractivity contribution < 1.29 is 15.3 Å². The Hall–Kier alpha value is -2.53. The molecule has 0 aliphatic rings. The van der Waals surface area contributed by atoms with Crippen LogP contribution >= 0.6 is 12.4 Å². The number of hydrogen-bond acceptors (Lipinski definition) is 4. The van der Waals surface area contributed by atoms with Crippen molar-refractivity contribution in [3.8, 4) is 11.5 Å². The summed E-state index contributed by atoms with van der Waals surface area (Å²) in [5.41, 5.74) is 9.78. The SMILES string of the molecule is CC(CC(c1ccc(O)cc1)c1ccc(O)cc1)C(N)C(O)CCc1ccccc1.Cl. The largest absolute Gasteiger partial charge is 0.508 e. The molecule has 3 atom stereocenters. The van der Waals surface area contributed by atoms with Gasteiger partial charge in [-0.3, -0.25) is 0 Å². The van der Waals surface area contributed by atoms with E-state index in [2.05, 4.69) is 19.1 Å². The lowest BCUT2D eigenvalue weighted by atomic mass is 9.80. The molecule has 3 rings (SSSR count). The van der Waals surface area contributed by atoms with Crippen LogP contribution in [0.1, 0.15) is 42.4 Å². The van der Waals surface area contributed by atoms with Gasteiger partial charge in [-0.05, 0) is 66.1 Å². The molecule has 0 saturated heterocycles. The first-order chi connectivity index (χ1) is 14.4. The first-order valence-electron chi connectivity index (χ1n) is 10.5.